The van der Waals surface area contributed by atoms with E-state index in [2.05, 4.69) is 27.7 Å². The van der Waals surface area contributed by atoms with E-state index in [0.29, 0.717) is 6.54 Å². The summed E-state index contributed by atoms with van der Waals surface area (Å²) in [7, 11) is 2.03. The molecule has 0 atom stereocenters. The van der Waals surface area contributed by atoms with E-state index in [-0.39, 0.29) is 5.91 Å². The molecule has 114 valence electrons. The first kappa shape index (κ1) is 14.4. The van der Waals surface area contributed by atoms with Gasteiger partial charge in [-0.2, -0.15) is 0 Å². The molecule has 0 saturated heterocycles. The van der Waals surface area contributed by atoms with Gasteiger partial charge >= 0.3 is 0 Å². The monoisotopic (exact) mass is 295 g/mol. The lowest BCUT2D eigenvalue weighted by atomic mass is 10.1. The lowest BCUT2D eigenvalue weighted by Crippen LogP contribution is -2.33. The number of anilines is 2. The third-order valence-corrected chi connectivity index (χ3v) is 4.01. The number of hydrogen-bond donors (Lipinski definition) is 2. The minimum atomic E-state index is -0.00355. The van der Waals surface area contributed by atoms with Crippen LogP contribution in [0, 0.1) is 0 Å². The predicted octanol–water partition coefficient (Wildman–Crippen LogP) is 2.52. The number of amides is 1. The third-order valence-electron chi connectivity index (χ3n) is 4.01. The Hall–Kier alpha value is -2.49. The van der Waals surface area contributed by atoms with Crippen LogP contribution in [0.1, 0.15) is 15.9 Å². The zero-order valence-electron chi connectivity index (χ0n) is 12.8. The predicted molar refractivity (Wildman–Crippen MR) is 90.7 cm³/mol. The number of para-hydroxylation sites is 1. The number of nitrogens with one attached hydrogen (secondary N) is 2. The molecule has 2 aromatic rings. The van der Waals surface area contributed by atoms with E-state index in [4.69, 9.17) is 0 Å². The topological polar surface area (TPSA) is 44.4 Å². The van der Waals surface area contributed by atoms with Gasteiger partial charge in [0, 0.05) is 43.6 Å². The fourth-order valence-corrected chi connectivity index (χ4v) is 2.70. The fraction of sp³-hybridized carbons (Fsp3) is 0.278. The molecule has 2 aromatic carbocycles. The Morgan fingerprint density at radius 1 is 1.23 bits per heavy atom. The van der Waals surface area contributed by atoms with Gasteiger partial charge in [-0.25, -0.2) is 0 Å². The lowest BCUT2D eigenvalue weighted by Gasteiger charge is -2.19. The van der Waals surface area contributed by atoms with E-state index in [1.165, 1.54) is 5.56 Å². The van der Waals surface area contributed by atoms with E-state index in [0.717, 1.165) is 36.4 Å². The normalized spacial score (nSPS) is 12.4. The summed E-state index contributed by atoms with van der Waals surface area (Å²) >= 11 is 0. The molecule has 1 amide bonds. The first-order chi connectivity index (χ1) is 10.7. The van der Waals surface area contributed by atoms with Crippen molar-refractivity contribution in [2.75, 3.05) is 36.9 Å². The zero-order chi connectivity index (χ0) is 15.4. The van der Waals surface area contributed by atoms with E-state index in [9.17, 15) is 4.79 Å². The summed E-state index contributed by atoms with van der Waals surface area (Å²) in [6.45, 7) is 2.37. The van der Waals surface area contributed by atoms with Gasteiger partial charge in [0.2, 0.25) is 0 Å². The van der Waals surface area contributed by atoms with Gasteiger partial charge in [-0.15, -0.1) is 0 Å². The number of benzene rings is 2. The molecule has 1 aliphatic rings. The van der Waals surface area contributed by atoms with Crippen molar-refractivity contribution in [3.8, 4) is 0 Å². The molecular weight excluding hydrogens is 274 g/mol. The summed E-state index contributed by atoms with van der Waals surface area (Å²) in [6.07, 6.45) is 0.993. The maximum atomic E-state index is 12.2. The lowest BCUT2D eigenvalue weighted by molar-refractivity contribution is 0.0954. The van der Waals surface area contributed by atoms with Crippen LogP contribution in [0.15, 0.2) is 48.5 Å². The number of likely N-dealkylation sites (N-methyl/N-ethyl adjacent to an activating group) is 1. The highest BCUT2D eigenvalue weighted by Crippen LogP contribution is 2.22. The van der Waals surface area contributed by atoms with Crippen molar-refractivity contribution in [2.45, 2.75) is 6.42 Å². The maximum Gasteiger partial charge on any atom is 0.251 e. The highest BCUT2D eigenvalue weighted by atomic mass is 16.1. The van der Waals surface area contributed by atoms with Gasteiger partial charge in [-0.05, 0) is 42.3 Å². The average Bonchev–Trinajstić information content (AvgIpc) is 3.03. The fourth-order valence-electron chi connectivity index (χ4n) is 2.70. The molecule has 0 fully saturated rings. The van der Waals surface area contributed by atoms with Crippen molar-refractivity contribution < 1.29 is 4.79 Å². The van der Waals surface area contributed by atoms with Crippen molar-refractivity contribution in [1.82, 2.24) is 5.32 Å². The van der Waals surface area contributed by atoms with Crippen molar-refractivity contribution >= 4 is 17.3 Å². The molecule has 0 spiro atoms. The first-order valence-corrected chi connectivity index (χ1v) is 7.65. The largest absolute Gasteiger partial charge is 0.384 e. The highest BCUT2D eigenvalue weighted by Gasteiger charge is 2.13. The van der Waals surface area contributed by atoms with E-state index < -0.39 is 0 Å². The van der Waals surface area contributed by atoms with Gasteiger partial charge in [0.05, 0.1) is 0 Å². The number of carbonyl (C=O) groups is 1. The Kier molecular flexibility index (Phi) is 4.28. The molecular formula is C18H21N3O. The van der Waals surface area contributed by atoms with Crippen molar-refractivity contribution in [2.24, 2.45) is 0 Å². The Labute approximate surface area is 131 Å². The van der Waals surface area contributed by atoms with Gasteiger partial charge in [0.25, 0.3) is 5.91 Å². The first-order valence-electron chi connectivity index (χ1n) is 7.65. The molecule has 3 rings (SSSR count). The molecule has 4 nitrogen and oxygen atoms in total. The second-order valence-electron chi connectivity index (χ2n) is 5.56. The maximum absolute atomic E-state index is 12.2. The summed E-state index contributed by atoms with van der Waals surface area (Å²) < 4.78 is 0. The van der Waals surface area contributed by atoms with Gasteiger partial charge in [0.1, 0.15) is 0 Å². The van der Waals surface area contributed by atoms with Crippen molar-refractivity contribution in [3.63, 3.8) is 0 Å². The summed E-state index contributed by atoms with van der Waals surface area (Å²) in [5, 5.41) is 6.29. The van der Waals surface area contributed by atoms with Gasteiger partial charge in [-0.3, -0.25) is 4.79 Å². The molecule has 1 heterocycles. The van der Waals surface area contributed by atoms with E-state index >= 15 is 0 Å². The van der Waals surface area contributed by atoms with Crippen LogP contribution in [0.4, 0.5) is 11.4 Å². The molecule has 4 heteroatoms. The van der Waals surface area contributed by atoms with Crippen LogP contribution in [-0.2, 0) is 6.42 Å². The van der Waals surface area contributed by atoms with Crippen LogP contribution in [0.3, 0.4) is 0 Å². The van der Waals surface area contributed by atoms with Crippen LogP contribution < -0.4 is 15.5 Å². The molecule has 22 heavy (non-hydrogen) atoms. The highest BCUT2D eigenvalue weighted by molar-refractivity contribution is 5.95. The Balaban J connectivity index is 1.52. The molecule has 1 aliphatic heterocycles. The van der Waals surface area contributed by atoms with Crippen LogP contribution in [0.2, 0.25) is 0 Å². The number of nitrogens with zero attached hydrogens (tertiary/aromatic N) is 1. The van der Waals surface area contributed by atoms with Crippen LogP contribution >= 0.6 is 0 Å². The second-order valence-corrected chi connectivity index (χ2v) is 5.56. The number of fused-ring (bicyclic) bond motifs is 1. The van der Waals surface area contributed by atoms with Crippen molar-refractivity contribution in [3.05, 3.63) is 59.7 Å². The third kappa shape index (κ3) is 3.22. The molecule has 2 N–H and O–H groups in total. The minimum Gasteiger partial charge on any atom is -0.384 e. The molecule has 0 aliphatic carbocycles. The summed E-state index contributed by atoms with van der Waals surface area (Å²) in [6, 6.07) is 16.0. The molecule has 0 saturated carbocycles. The van der Waals surface area contributed by atoms with Gasteiger partial charge in [-0.1, -0.05) is 18.2 Å². The SMILES string of the molecule is CN(CCNC(=O)c1ccc2c(c1)CCN2)c1ccccc1. The Morgan fingerprint density at radius 3 is 2.86 bits per heavy atom. The second kappa shape index (κ2) is 6.52. The van der Waals surface area contributed by atoms with Crippen molar-refractivity contribution in [1.29, 1.82) is 0 Å². The van der Waals surface area contributed by atoms with Gasteiger partial charge in [0.15, 0.2) is 0 Å². The number of hydrogen-bond acceptors (Lipinski definition) is 3. The quantitative estimate of drug-likeness (QED) is 0.891. The number of rotatable bonds is 5. The van der Waals surface area contributed by atoms with E-state index in [1.807, 2.05) is 43.4 Å². The zero-order valence-corrected chi connectivity index (χ0v) is 12.8. The molecule has 0 unspecified atom stereocenters. The summed E-state index contributed by atoms with van der Waals surface area (Å²) in [5.74, 6) is -0.00355. The Bertz CT molecular complexity index is 655. The smallest absolute Gasteiger partial charge is 0.251 e. The molecule has 0 bridgehead atoms. The average molecular weight is 295 g/mol. The molecule has 0 radical (unpaired) electrons. The van der Waals surface area contributed by atoms with Crippen LogP contribution in [0.5, 0.6) is 0 Å². The van der Waals surface area contributed by atoms with E-state index in [1.54, 1.807) is 0 Å². The van der Waals surface area contributed by atoms with Crippen LogP contribution in [0.25, 0.3) is 0 Å². The Morgan fingerprint density at radius 2 is 2.05 bits per heavy atom. The molecule has 0 aromatic heterocycles. The standard InChI is InChI=1S/C18H21N3O/c1-21(16-5-3-2-4-6-16)12-11-20-18(22)15-7-8-17-14(13-15)9-10-19-17/h2-8,13,19H,9-12H2,1H3,(H,20,22). The number of carbonyl (C=O) groups excluding carboxylic acids is 1. The van der Waals surface area contributed by atoms with Crippen LogP contribution in [-0.4, -0.2) is 32.6 Å². The van der Waals surface area contributed by atoms with Gasteiger partial charge < -0.3 is 15.5 Å². The summed E-state index contributed by atoms with van der Waals surface area (Å²) in [4.78, 5) is 14.3. The minimum absolute atomic E-state index is 0.00355. The summed E-state index contributed by atoms with van der Waals surface area (Å²) in [5.41, 5.74) is 4.28.